The zero-order chi connectivity index (χ0) is 14.9. The minimum atomic E-state index is -0.483. The molecular weight excluding hydrogens is 262 g/mol. The van der Waals surface area contributed by atoms with E-state index in [-0.39, 0.29) is 5.91 Å². The highest BCUT2D eigenvalue weighted by Gasteiger charge is 2.47. The number of nitrogens with zero attached hydrogens (tertiary/aromatic N) is 1. The van der Waals surface area contributed by atoms with E-state index in [2.05, 4.69) is 18.2 Å². The molecule has 0 N–H and O–H groups in total. The number of fused-ring (bicyclic) bond motifs is 1. The Morgan fingerprint density at radius 3 is 2.76 bits per heavy atom. The fourth-order valence-electron chi connectivity index (χ4n) is 3.76. The molecule has 1 atom stereocenters. The molecule has 0 radical (unpaired) electrons. The predicted octanol–water partition coefficient (Wildman–Crippen LogP) is 3.10. The molecule has 1 saturated heterocycles. The number of carbonyl (C=O) groups excluding carboxylic acids is 2. The highest BCUT2D eigenvalue weighted by atomic mass is 16.2. The van der Waals surface area contributed by atoms with Gasteiger partial charge < -0.3 is 4.90 Å². The van der Waals surface area contributed by atoms with Gasteiger partial charge in [-0.2, -0.15) is 0 Å². The first-order chi connectivity index (χ1) is 10.1. The molecule has 0 aromatic heterocycles. The van der Waals surface area contributed by atoms with Crippen LogP contribution in [0.4, 0.5) is 0 Å². The third kappa shape index (κ3) is 2.41. The zero-order valence-corrected chi connectivity index (χ0v) is 12.5. The van der Waals surface area contributed by atoms with Gasteiger partial charge in [0, 0.05) is 25.6 Å². The quantitative estimate of drug-likeness (QED) is 0.836. The molecule has 1 aromatic rings. The molecule has 0 saturated carbocycles. The van der Waals surface area contributed by atoms with Gasteiger partial charge in [-0.25, -0.2) is 0 Å². The number of allylic oxidation sites excluding steroid dienone is 2. The van der Waals surface area contributed by atoms with Crippen molar-refractivity contribution in [3.8, 4) is 0 Å². The molecular formula is C18H21NO2. The van der Waals surface area contributed by atoms with Crippen LogP contribution in [0.2, 0.25) is 0 Å². The molecule has 110 valence electrons. The molecule has 1 amide bonds. The highest BCUT2D eigenvalue weighted by molar-refractivity contribution is 5.91. The summed E-state index contributed by atoms with van der Waals surface area (Å²) in [5.41, 5.74) is 1.65. The number of rotatable bonds is 2. The third-order valence-corrected chi connectivity index (χ3v) is 4.74. The van der Waals surface area contributed by atoms with Crippen molar-refractivity contribution in [1.29, 1.82) is 0 Å². The van der Waals surface area contributed by atoms with Crippen LogP contribution < -0.4 is 0 Å². The number of hydrogen-bond donors (Lipinski definition) is 0. The number of benzene rings is 1. The number of hydrogen-bond acceptors (Lipinski definition) is 2. The Balaban J connectivity index is 2.02. The van der Waals surface area contributed by atoms with Crippen LogP contribution in [0.1, 0.15) is 38.2 Å². The van der Waals surface area contributed by atoms with E-state index in [0.717, 1.165) is 31.5 Å². The molecule has 21 heavy (non-hydrogen) atoms. The van der Waals surface area contributed by atoms with E-state index < -0.39 is 5.41 Å². The molecule has 1 fully saturated rings. The molecule has 1 aromatic carbocycles. The summed E-state index contributed by atoms with van der Waals surface area (Å²) in [7, 11) is 0. The summed E-state index contributed by atoms with van der Waals surface area (Å²) in [5.74, 6) is 0.350. The number of carbonyl (C=O) groups is 2. The van der Waals surface area contributed by atoms with E-state index in [1.165, 1.54) is 5.56 Å². The van der Waals surface area contributed by atoms with Crippen molar-refractivity contribution < 1.29 is 9.59 Å². The van der Waals surface area contributed by atoms with Crippen LogP contribution in [-0.4, -0.2) is 23.1 Å². The second-order valence-electron chi connectivity index (χ2n) is 6.07. The summed E-state index contributed by atoms with van der Waals surface area (Å²) in [4.78, 5) is 26.5. The van der Waals surface area contributed by atoms with Gasteiger partial charge in [-0.05, 0) is 31.2 Å². The van der Waals surface area contributed by atoms with Crippen LogP contribution in [0.3, 0.4) is 0 Å². The Kier molecular flexibility index (Phi) is 3.66. The topological polar surface area (TPSA) is 37.4 Å². The number of amides is 1. The first kappa shape index (κ1) is 14.1. The molecule has 1 aliphatic carbocycles. The molecule has 3 nitrogen and oxygen atoms in total. The molecule has 1 aliphatic heterocycles. The number of Topliss-reactive ketones (excluding diaryl/α,β-unsaturated/α-hetero) is 1. The Morgan fingerprint density at radius 2 is 2.05 bits per heavy atom. The number of ketones is 1. The summed E-state index contributed by atoms with van der Waals surface area (Å²) in [6.07, 6.45) is 5.94. The van der Waals surface area contributed by atoms with E-state index in [9.17, 15) is 9.59 Å². The average molecular weight is 283 g/mol. The Bertz CT molecular complexity index is 590. The summed E-state index contributed by atoms with van der Waals surface area (Å²) in [5, 5.41) is 0. The standard InChI is InChI=1S/C18H21NO2/c1-14(20)19-12-6-11-18(13-15-7-3-2-4-8-15)16(19)9-5-10-17(18)21/h2-4,7-9H,5-6,10-13H2,1H3/t18-/m1/s1. The van der Waals surface area contributed by atoms with E-state index >= 15 is 0 Å². The minimum Gasteiger partial charge on any atom is -0.316 e. The SMILES string of the molecule is CC(=O)N1CCC[C@]2(Cc3ccccc3)C(=O)CCC=C12. The van der Waals surface area contributed by atoms with E-state index in [0.29, 0.717) is 18.6 Å². The maximum absolute atomic E-state index is 12.7. The van der Waals surface area contributed by atoms with Crippen molar-refractivity contribution in [3.63, 3.8) is 0 Å². The Morgan fingerprint density at radius 1 is 1.29 bits per heavy atom. The Labute approximate surface area is 125 Å². The van der Waals surface area contributed by atoms with Crippen molar-refractivity contribution in [2.24, 2.45) is 5.41 Å². The minimum absolute atomic E-state index is 0.0492. The van der Waals surface area contributed by atoms with E-state index in [1.807, 2.05) is 23.1 Å². The van der Waals surface area contributed by atoms with Crippen LogP contribution >= 0.6 is 0 Å². The molecule has 2 aliphatic rings. The van der Waals surface area contributed by atoms with Crippen LogP contribution in [-0.2, 0) is 16.0 Å². The van der Waals surface area contributed by atoms with Crippen LogP contribution in [0.25, 0.3) is 0 Å². The molecule has 0 spiro atoms. The number of piperidine rings is 1. The van der Waals surface area contributed by atoms with Gasteiger partial charge in [0.2, 0.25) is 5.91 Å². The third-order valence-electron chi connectivity index (χ3n) is 4.74. The van der Waals surface area contributed by atoms with Gasteiger partial charge in [0.1, 0.15) is 5.78 Å². The van der Waals surface area contributed by atoms with Crippen LogP contribution in [0, 0.1) is 5.41 Å². The fraction of sp³-hybridized carbons (Fsp3) is 0.444. The van der Waals surface area contributed by atoms with Crippen LogP contribution in [0.15, 0.2) is 42.1 Å². The molecule has 0 bridgehead atoms. The van der Waals surface area contributed by atoms with Crippen molar-refractivity contribution in [3.05, 3.63) is 47.7 Å². The van der Waals surface area contributed by atoms with Gasteiger partial charge in [-0.1, -0.05) is 36.4 Å². The van der Waals surface area contributed by atoms with Gasteiger partial charge >= 0.3 is 0 Å². The predicted molar refractivity (Wildman–Crippen MR) is 81.5 cm³/mol. The molecule has 3 heteroatoms. The normalized spacial score (nSPS) is 25.3. The summed E-state index contributed by atoms with van der Waals surface area (Å²) in [6, 6.07) is 10.1. The van der Waals surface area contributed by atoms with Crippen molar-refractivity contribution >= 4 is 11.7 Å². The summed E-state index contributed by atoms with van der Waals surface area (Å²) in [6.45, 7) is 2.34. The van der Waals surface area contributed by atoms with Gasteiger partial charge in [-0.3, -0.25) is 9.59 Å². The maximum atomic E-state index is 12.7. The highest BCUT2D eigenvalue weighted by Crippen LogP contribution is 2.46. The second-order valence-corrected chi connectivity index (χ2v) is 6.07. The summed E-state index contributed by atoms with van der Waals surface area (Å²) >= 11 is 0. The summed E-state index contributed by atoms with van der Waals surface area (Å²) < 4.78 is 0. The molecule has 0 unspecified atom stereocenters. The first-order valence-electron chi connectivity index (χ1n) is 7.69. The number of likely N-dealkylation sites (tertiary alicyclic amines) is 1. The van der Waals surface area contributed by atoms with Crippen LogP contribution in [0.5, 0.6) is 0 Å². The van der Waals surface area contributed by atoms with E-state index in [4.69, 9.17) is 0 Å². The lowest BCUT2D eigenvalue weighted by molar-refractivity contribution is -0.135. The van der Waals surface area contributed by atoms with Gasteiger partial charge in [0.15, 0.2) is 0 Å². The van der Waals surface area contributed by atoms with E-state index in [1.54, 1.807) is 6.92 Å². The smallest absolute Gasteiger partial charge is 0.223 e. The lowest BCUT2D eigenvalue weighted by Crippen LogP contribution is -2.49. The Hall–Kier alpha value is -1.90. The lowest BCUT2D eigenvalue weighted by atomic mass is 9.66. The average Bonchev–Trinajstić information content (AvgIpc) is 2.48. The monoisotopic (exact) mass is 283 g/mol. The second kappa shape index (κ2) is 5.47. The zero-order valence-electron chi connectivity index (χ0n) is 12.5. The van der Waals surface area contributed by atoms with Crippen molar-refractivity contribution in [2.75, 3.05) is 6.54 Å². The van der Waals surface area contributed by atoms with Crippen molar-refractivity contribution in [1.82, 2.24) is 4.90 Å². The van der Waals surface area contributed by atoms with Gasteiger partial charge in [-0.15, -0.1) is 0 Å². The van der Waals surface area contributed by atoms with Gasteiger partial charge in [0.25, 0.3) is 0 Å². The maximum Gasteiger partial charge on any atom is 0.223 e. The lowest BCUT2D eigenvalue weighted by Gasteiger charge is -2.46. The first-order valence-corrected chi connectivity index (χ1v) is 7.69. The fourth-order valence-corrected chi connectivity index (χ4v) is 3.76. The molecule has 1 heterocycles. The van der Waals surface area contributed by atoms with Crippen molar-refractivity contribution in [2.45, 2.75) is 39.0 Å². The van der Waals surface area contributed by atoms with Gasteiger partial charge in [0.05, 0.1) is 5.41 Å². The molecule has 3 rings (SSSR count). The largest absolute Gasteiger partial charge is 0.316 e.